The van der Waals surface area contributed by atoms with Crippen LogP contribution in [0.3, 0.4) is 0 Å². The molecule has 3 N–H and O–H groups in total. The Morgan fingerprint density at radius 1 is 1.05 bits per heavy atom. The van der Waals surface area contributed by atoms with Gasteiger partial charge in [-0.3, -0.25) is 9.69 Å². The first-order valence-electron chi connectivity index (χ1n) is 7.26. The molecule has 2 aliphatic rings. The Morgan fingerprint density at radius 3 is 2.05 bits per heavy atom. The van der Waals surface area contributed by atoms with Crippen molar-refractivity contribution in [2.24, 2.45) is 5.14 Å². The number of nitrogens with two attached hydrogens (primary N) is 1. The highest BCUT2D eigenvalue weighted by Gasteiger charge is 2.39. The standard InChI is InChI=1S/C12H25N5O3S/c1-12(2,16-5-3-14-4-6-16)11(18)15-7-9-17(10-8-15)21(13,19)20/h14H,3-10H2,1-2H3,(H2,13,19,20). The zero-order valence-corrected chi connectivity index (χ0v) is 13.5. The molecule has 0 bridgehead atoms. The summed E-state index contributed by atoms with van der Waals surface area (Å²) in [7, 11) is -3.65. The van der Waals surface area contributed by atoms with Crippen LogP contribution in [0.5, 0.6) is 0 Å². The maximum Gasteiger partial charge on any atom is 0.277 e. The molecule has 9 heteroatoms. The van der Waals surface area contributed by atoms with Gasteiger partial charge in [-0.2, -0.15) is 12.7 Å². The first-order chi connectivity index (χ1) is 9.73. The quantitative estimate of drug-likeness (QED) is 0.628. The van der Waals surface area contributed by atoms with Crippen LogP contribution in [-0.2, 0) is 15.0 Å². The second-order valence-electron chi connectivity index (χ2n) is 6.03. The minimum Gasteiger partial charge on any atom is -0.338 e. The van der Waals surface area contributed by atoms with Gasteiger partial charge in [0.1, 0.15) is 0 Å². The molecule has 1 amide bonds. The predicted molar refractivity (Wildman–Crippen MR) is 79.8 cm³/mol. The molecule has 21 heavy (non-hydrogen) atoms. The molecule has 2 heterocycles. The lowest BCUT2D eigenvalue weighted by Crippen LogP contribution is -2.63. The highest BCUT2D eigenvalue weighted by molar-refractivity contribution is 7.86. The van der Waals surface area contributed by atoms with Crippen LogP contribution in [0.15, 0.2) is 0 Å². The number of piperazine rings is 2. The Labute approximate surface area is 126 Å². The van der Waals surface area contributed by atoms with E-state index in [0.717, 1.165) is 26.2 Å². The molecular formula is C12H25N5O3S. The molecule has 2 saturated heterocycles. The number of carbonyl (C=O) groups excluding carboxylic acids is 1. The summed E-state index contributed by atoms with van der Waals surface area (Å²) in [5, 5.41) is 8.39. The minimum absolute atomic E-state index is 0.0541. The lowest BCUT2D eigenvalue weighted by Gasteiger charge is -2.44. The third-order valence-electron chi connectivity index (χ3n) is 4.32. The van der Waals surface area contributed by atoms with E-state index in [1.807, 2.05) is 13.8 Å². The largest absolute Gasteiger partial charge is 0.338 e. The minimum atomic E-state index is -3.65. The van der Waals surface area contributed by atoms with Crippen molar-refractivity contribution in [3.8, 4) is 0 Å². The van der Waals surface area contributed by atoms with Gasteiger partial charge in [-0.1, -0.05) is 0 Å². The molecule has 8 nitrogen and oxygen atoms in total. The molecule has 2 aliphatic heterocycles. The van der Waals surface area contributed by atoms with Crippen molar-refractivity contribution < 1.29 is 13.2 Å². The van der Waals surface area contributed by atoms with Gasteiger partial charge in [0.25, 0.3) is 10.2 Å². The summed E-state index contributed by atoms with van der Waals surface area (Å²) in [4.78, 5) is 16.7. The van der Waals surface area contributed by atoms with Crippen molar-refractivity contribution in [3.05, 3.63) is 0 Å². The van der Waals surface area contributed by atoms with Crippen LogP contribution in [0.4, 0.5) is 0 Å². The van der Waals surface area contributed by atoms with Crippen molar-refractivity contribution in [2.75, 3.05) is 52.4 Å². The van der Waals surface area contributed by atoms with Crippen molar-refractivity contribution in [1.82, 2.24) is 19.4 Å². The van der Waals surface area contributed by atoms with Gasteiger partial charge in [0.15, 0.2) is 0 Å². The zero-order chi connectivity index (χ0) is 15.7. The highest BCUT2D eigenvalue weighted by atomic mass is 32.2. The van der Waals surface area contributed by atoms with Gasteiger partial charge in [-0.25, -0.2) is 5.14 Å². The summed E-state index contributed by atoms with van der Waals surface area (Å²) in [6.45, 7) is 8.65. The SMILES string of the molecule is CC(C)(C(=O)N1CCN(S(N)(=O)=O)CC1)N1CCNCC1. The van der Waals surface area contributed by atoms with Crippen LogP contribution in [0.2, 0.25) is 0 Å². The number of amides is 1. The van der Waals surface area contributed by atoms with E-state index in [2.05, 4.69) is 10.2 Å². The normalized spacial score (nSPS) is 23.3. The lowest BCUT2D eigenvalue weighted by atomic mass is 9.99. The average molecular weight is 319 g/mol. The van der Waals surface area contributed by atoms with Crippen molar-refractivity contribution in [3.63, 3.8) is 0 Å². The Bertz CT molecular complexity index is 479. The molecule has 122 valence electrons. The number of carbonyl (C=O) groups is 1. The summed E-state index contributed by atoms with van der Waals surface area (Å²) in [6, 6.07) is 0. The topological polar surface area (TPSA) is 99.0 Å². The summed E-state index contributed by atoms with van der Waals surface area (Å²) in [5.74, 6) is 0.0541. The molecule has 0 atom stereocenters. The van der Waals surface area contributed by atoms with Gasteiger partial charge in [0, 0.05) is 52.4 Å². The lowest BCUT2D eigenvalue weighted by molar-refractivity contribution is -0.144. The van der Waals surface area contributed by atoms with Crippen LogP contribution in [0.1, 0.15) is 13.8 Å². The van der Waals surface area contributed by atoms with E-state index in [9.17, 15) is 13.2 Å². The van der Waals surface area contributed by atoms with Crippen LogP contribution in [0, 0.1) is 0 Å². The number of nitrogens with zero attached hydrogens (tertiary/aromatic N) is 3. The maximum atomic E-state index is 12.7. The van der Waals surface area contributed by atoms with Crippen molar-refractivity contribution in [2.45, 2.75) is 19.4 Å². The monoisotopic (exact) mass is 319 g/mol. The fourth-order valence-corrected chi connectivity index (χ4v) is 3.56. The summed E-state index contributed by atoms with van der Waals surface area (Å²) in [6.07, 6.45) is 0. The molecule has 2 fully saturated rings. The third-order valence-corrected chi connectivity index (χ3v) is 5.40. The fourth-order valence-electron chi connectivity index (χ4n) is 2.89. The zero-order valence-electron chi connectivity index (χ0n) is 12.7. The smallest absolute Gasteiger partial charge is 0.277 e. The van der Waals surface area contributed by atoms with E-state index in [1.165, 1.54) is 4.31 Å². The number of nitrogens with one attached hydrogen (secondary N) is 1. The Morgan fingerprint density at radius 2 is 1.57 bits per heavy atom. The van der Waals surface area contributed by atoms with E-state index in [-0.39, 0.29) is 19.0 Å². The molecule has 0 aromatic rings. The van der Waals surface area contributed by atoms with E-state index < -0.39 is 15.7 Å². The van der Waals surface area contributed by atoms with Crippen LogP contribution < -0.4 is 10.5 Å². The van der Waals surface area contributed by atoms with Gasteiger partial charge in [0.05, 0.1) is 5.54 Å². The van der Waals surface area contributed by atoms with Crippen LogP contribution in [0.25, 0.3) is 0 Å². The molecule has 0 radical (unpaired) electrons. The predicted octanol–water partition coefficient (Wildman–Crippen LogP) is -1.98. The first-order valence-corrected chi connectivity index (χ1v) is 8.76. The van der Waals surface area contributed by atoms with Gasteiger partial charge in [-0.05, 0) is 13.8 Å². The van der Waals surface area contributed by atoms with E-state index in [4.69, 9.17) is 5.14 Å². The molecule has 0 aromatic carbocycles. The van der Waals surface area contributed by atoms with Crippen molar-refractivity contribution in [1.29, 1.82) is 0 Å². The highest BCUT2D eigenvalue weighted by Crippen LogP contribution is 2.19. The summed E-state index contributed by atoms with van der Waals surface area (Å²) < 4.78 is 23.8. The van der Waals surface area contributed by atoms with Crippen LogP contribution >= 0.6 is 0 Å². The molecule has 0 unspecified atom stereocenters. The Balaban J connectivity index is 1.97. The second-order valence-corrected chi connectivity index (χ2v) is 7.58. The second kappa shape index (κ2) is 6.17. The number of hydrogen-bond donors (Lipinski definition) is 2. The van der Waals surface area contributed by atoms with Gasteiger partial charge < -0.3 is 10.2 Å². The maximum absolute atomic E-state index is 12.7. The molecular weight excluding hydrogens is 294 g/mol. The van der Waals surface area contributed by atoms with Gasteiger partial charge in [-0.15, -0.1) is 0 Å². The van der Waals surface area contributed by atoms with Crippen LogP contribution in [-0.4, -0.2) is 86.3 Å². The molecule has 0 spiro atoms. The van der Waals surface area contributed by atoms with Crippen molar-refractivity contribution >= 4 is 16.1 Å². The fraction of sp³-hybridized carbons (Fsp3) is 0.917. The Kier molecular flexibility index (Phi) is 4.89. The van der Waals surface area contributed by atoms with E-state index in [0.29, 0.717) is 13.1 Å². The molecule has 2 rings (SSSR count). The van der Waals surface area contributed by atoms with Gasteiger partial charge in [0.2, 0.25) is 5.91 Å². The third kappa shape index (κ3) is 3.72. The molecule has 0 aliphatic carbocycles. The van der Waals surface area contributed by atoms with Gasteiger partial charge >= 0.3 is 0 Å². The summed E-state index contributed by atoms with van der Waals surface area (Å²) >= 11 is 0. The molecule has 0 saturated carbocycles. The average Bonchev–Trinajstić information content (AvgIpc) is 2.46. The Hall–Kier alpha value is -0.740. The summed E-state index contributed by atoms with van der Waals surface area (Å²) in [5.41, 5.74) is -0.564. The van der Waals surface area contributed by atoms with E-state index in [1.54, 1.807) is 4.90 Å². The number of hydrogen-bond acceptors (Lipinski definition) is 5. The molecule has 0 aromatic heterocycles. The first kappa shape index (κ1) is 16.6. The number of rotatable bonds is 3. The van der Waals surface area contributed by atoms with E-state index >= 15 is 0 Å².